The van der Waals surface area contributed by atoms with Gasteiger partial charge in [-0.1, -0.05) is 25.6 Å². The van der Waals surface area contributed by atoms with E-state index in [2.05, 4.69) is 10.1 Å². The van der Waals surface area contributed by atoms with E-state index < -0.39 is 34.1 Å². The molecule has 0 heterocycles. The highest BCUT2D eigenvalue weighted by Gasteiger charge is 2.42. The van der Waals surface area contributed by atoms with Crippen molar-refractivity contribution in [3.63, 3.8) is 0 Å². The molecule has 9 heteroatoms. The number of hydrogen-bond acceptors (Lipinski definition) is 7. The minimum atomic E-state index is -1.10. The average molecular weight is 403 g/mol. The molecule has 0 aromatic rings. The molecular formula is C18H30N2O6S. The number of thioether (sulfide) groups is 1. The number of Topliss-reactive ketones (excluding diaryl/α,β-unsaturated/α-hetero) is 1. The van der Waals surface area contributed by atoms with Gasteiger partial charge in [-0.25, -0.2) is 0 Å². The van der Waals surface area contributed by atoms with Gasteiger partial charge in [0.15, 0.2) is 0 Å². The lowest BCUT2D eigenvalue weighted by molar-refractivity contribution is -0.145. The van der Waals surface area contributed by atoms with Crippen LogP contribution in [0.4, 0.5) is 0 Å². The first-order chi connectivity index (χ1) is 12.4. The first-order valence-corrected chi connectivity index (χ1v) is 9.64. The largest absolute Gasteiger partial charge is 0.469 e. The summed E-state index contributed by atoms with van der Waals surface area (Å²) in [6.45, 7) is 11.1. The number of methoxy groups -OCH3 is 1. The van der Waals surface area contributed by atoms with E-state index in [1.54, 1.807) is 32.6 Å². The van der Waals surface area contributed by atoms with Crippen LogP contribution in [0.25, 0.3) is 0 Å². The molecule has 0 radical (unpaired) electrons. The molecule has 1 N–H and O–H groups in total. The smallest absolute Gasteiger partial charge is 0.313 e. The number of hydrogen-bond donors (Lipinski definition) is 1. The molecule has 8 nitrogen and oxygen atoms in total. The minimum Gasteiger partial charge on any atom is -0.469 e. The maximum Gasteiger partial charge on any atom is 0.313 e. The Labute approximate surface area is 164 Å². The summed E-state index contributed by atoms with van der Waals surface area (Å²) in [5, 5.41) is 1.84. The van der Waals surface area contributed by atoms with Crippen LogP contribution in [0.1, 0.15) is 48.0 Å². The molecule has 154 valence electrons. The van der Waals surface area contributed by atoms with Crippen molar-refractivity contribution in [3.05, 3.63) is 0 Å². The van der Waals surface area contributed by atoms with E-state index in [-0.39, 0.29) is 17.7 Å². The second kappa shape index (κ2) is 11.1. The average Bonchev–Trinajstić information content (AvgIpc) is 2.59. The van der Waals surface area contributed by atoms with Crippen molar-refractivity contribution >= 4 is 40.4 Å². The van der Waals surface area contributed by atoms with Crippen LogP contribution in [0.5, 0.6) is 0 Å². The topological polar surface area (TPSA) is 110 Å². The fourth-order valence-electron chi connectivity index (χ4n) is 2.19. The molecule has 0 saturated carbocycles. The van der Waals surface area contributed by atoms with E-state index in [0.717, 1.165) is 7.11 Å². The van der Waals surface area contributed by atoms with Gasteiger partial charge in [0, 0.05) is 23.8 Å². The molecule has 0 bridgehead atoms. The van der Waals surface area contributed by atoms with Crippen LogP contribution in [0.15, 0.2) is 0 Å². The van der Waals surface area contributed by atoms with Gasteiger partial charge in [-0.3, -0.25) is 24.0 Å². The lowest BCUT2D eigenvalue weighted by Crippen LogP contribution is -2.58. The Morgan fingerprint density at radius 1 is 1.07 bits per heavy atom. The van der Waals surface area contributed by atoms with Crippen LogP contribution in [0, 0.1) is 5.92 Å². The first kappa shape index (κ1) is 25.1. The Balaban J connectivity index is 5.55. The zero-order valence-electron chi connectivity index (χ0n) is 17.1. The summed E-state index contributed by atoms with van der Waals surface area (Å²) in [7, 11) is 1.12. The molecule has 0 aliphatic heterocycles. The quantitative estimate of drug-likeness (QED) is 0.332. The Morgan fingerprint density at radius 3 is 2.00 bits per heavy atom. The summed E-state index contributed by atoms with van der Waals surface area (Å²) in [6, 6.07) is -1.01. The first-order valence-electron chi connectivity index (χ1n) is 8.83. The van der Waals surface area contributed by atoms with Crippen LogP contribution in [-0.4, -0.2) is 64.6 Å². The number of carbonyl (C=O) groups is 5. The van der Waals surface area contributed by atoms with Crippen LogP contribution in [-0.2, 0) is 28.7 Å². The summed E-state index contributed by atoms with van der Waals surface area (Å²) in [4.78, 5) is 62.0. The molecule has 1 unspecified atom stereocenters. The van der Waals surface area contributed by atoms with Gasteiger partial charge in [0.05, 0.1) is 7.11 Å². The maximum atomic E-state index is 12.9. The highest BCUT2D eigenvalue weighted by molar-refractivity contribution is 8.16. The van der Waals surface area contributed by atoms with E-state index in [1.165, 1.54) is 0 Å². The van der Waals surface area contributed by atoms with E-state index in [0.29, 0.717) is 24.9 Å². The van der Waals surface area contributed by atoms with Crippen molar-refractivity contribution in [1.29, 1.82) is 0 Å². The molecule has 0 aromatic heterocycles. The molecule has 0 saturated heterocycles. The molecular weight excluding hydrogens is 372 g/mol. The molecule has 0 spiro atoms. The van der Waals surface area contributed by atoms with E-state index in [1.807, 2.05) is 13.8 Å². The molecule has 0 aliphatic carbocycles. The van der Waals surface area contributed by atoms with Crippen molar-refractivity contribution < 1.29 is 28.7 Å². The Morgan fingerprint density at radius 2 is 1.59 bits per heavy atom. The number of ether oxygens (including phenoxy) is 1. The van der Waals surface area contributed by atoms with Gasteiger partial charge < -0.3 is 15.0 Å². The Bertz CT molecular complexity index is 584. The zero-order chi connectivity index (χ0) is 21.4. The number of carbonyl (C=O) groups excluding carboxylic acids is 5. The predicted octanol–water partition coefficient (Wildman–Crippen LogP) is 1.17. The zero-order valence-corrected chi connectivity index (χ0v) is 17.9. The number of ketones is 1. The molecule has 27 heavy (non-hydrogen) atoms. The van der Waals surface area contributed by atoms with Crippen LogP contribution >= 0.6 is 11.8 Å². The van der Waals surface area contributed by atoms with Gasteiger partial charge in [0.1, 0.15) is 12.5 Å². The Hall–Kier alpha value is -1.90. The Kier molecular flexibility index (Phi) is 10.3. The van der Waals surface area contributed by atoms with Crippen molar-refractivity contribution in [1.82, 2.24) is 10.2 Å². The van der Waals surface area contributed by atoms with Crippen LogP contribution in [0.3, 0.4) is 0 Å². The van der Waals surface area contributed by atoms with Crippen molar-refractivity contribution in [2.75, 3.05) is 20.2 Å². The van der Waals surface area contributed by atoms with E-state index in [4.69, 9.17) is 0 Å². The summed E-state index contributed by atoms with van der Waals surface area (Å²) < 4.78 is 3.28. The van der Waals surface area contributed by atoms with Gasteiger partial charge in [-0.05, 0) is 27.7 Å². The number of amides is 2. The standard InChI is InChI=1S/C18H30N2O6S/c1-8-20(9-2)16(24)14(19-15(23)11(3)4)18(5,6)27-17(25)12(21)10-13(22)26-7/h11,14H,8-10H2,1-7H3,(H,19,23). The van der Waals surface area contributed by atoms with E-state index in [9.17, 15) is 24.0 Å². The van der Waals surface area contributed by atoms with E-state index >= 15 is 0 Å². The summed E-state index contributed by atoms with van der Waals surface area (Å²) in [6.07, 6.45) is -0.661. The highest BCUT2D eigenvalue weighted by atomic mass is 32.2. The van der Waals surface area contributed by atoms with Gasteiger partial charge >= 0.3 is 5.97 Å². The molecule has 0 aromatic carbocycles. The summed E-state index contributed by atoms with van der Waals surface area (Å²) in [5.74, 6) is -2.74. The second-order valence-electron chi connectivity index (χ2n) is 6.78. The van der Waals surface area contributed by atoms with Gasteiger partial charge in [0.25, 0.3) is 5.12 Å². The number of nitrogens with zero attached hydrogens (tertiary/aromatic N) is 1. The third-order valence-electron chi connectivity index (χ3n) is 3.94. The van der Waals surface area contributed by atoms with Gasteiger partial charge in [-0.2, -0.15) is 0 Å². The number of likely N-dealkylation sites (N-methyl/N-ethyl adjacent to an activating group) is 1. The number of nitrogens with one attached hydrogen (secondary N) is 1. The summed E-state index contributed by atoms with van der Waals surface area (Å²) in [5.41, 5.74) is 0. The second-order valence-corrected chi connectivity index (χ2v) is 8.40. The number of rotatable bonds is 10. The van der Waals surface area contributed by atoms with Crippen molar-refractivity contribution in [2.24, 2.45) is 5.92 Å². The fraction of sp³-hybridized carbons (Fsp3) is 0.722. The SMILES string of the molecule is CCN(CC)C(=O)C(NC(=O)C(C)C)C(C)(C)SC(=O)C(=O)CC(=O)OC. The summed E-state index contributed by atoms with van der Waals surface area (Å²) >= 11 is 0.633. The van der Waals surface area contributed by atoms with Crippen molar-refractivity contribution in [2.45, 2.75) is 58.8 Å². The molecule has 0 rings (SSSR count). The maximum absolute atomic E-state index is 12.9. The molecule has 2 amide bonds. The molecule has 0 aliphatic rings. The fourth-order valence-corrected chi connectivity index (χ4v) is 3.13. The minimum absolute atomic E-state index is 0.331. The predicted molar refractivity (Wildman–Crippen MR) is 103 cm³/mol. The normalized spacial score (nSPS) is 12.3. The molecule has 1 atom stereocenters. The third kappa shape index (κ3) is 7.70. The van der Waals surface area contributed by atoms with Gasteiger partial charge in [-0.15, -0.1) is 0 Å². The van der Waals surface area contributed by atoms with Crippen LogP contribution < -0.4 is 5.32 Å². The monoisotopic (exact) mass is 402 g/mol. The lowest BCUT2D eigenvalue weighted by Gasteiger charge is -2.36. The van der Waals surface area contributed by atoms with Crippen molar-refractivity contribution in [3.8, 4) is 0 Å². The van der Waals surface area contributed by atoms with Crippen LogP contribution in [0.2, 0.25) is 0 Å². The highest BCUT2D eigenvalue weighted by Crippen LogP contribution is 2.31. The van der Waals surface area contributed by atoms with Gasteiger partial charge in [0.2, 0.25) is 17.6 Å². The molecule has 0 fully saturated rings. The lowest BCUT2D eigenvalue weighted by atomic mass is 10.0. The number of esters is 1. The third-order valence-corrected chi connectivity index (χ3v) is 5.12.